The Morgan fingerprint density at radius 3 is 2.22 bits per heavy atom. The highest BCUT2D eigenvalue weighted by Crippen LogP contribution is 2.31. The number of carbonyl (C=O) groups is 1. The lowest BCUT2D eigenvalue weighted by Gasteiger charge is -2.16. The van der Waals surface area contributed by atoms with E-state index >= 15 is 0 Å². The summed E-state index contributed by atoms with van der Waals surface area (Å²) in [4.78, 5) is 12.9. The van der Waals surface area contributed by atoms with Gasteiger partial charge in [-0.05, 0) is 85.0 Å². The van der Waals surface area contributed by atoms with Crippen LogP contribution in [0.15, 0.2) is 89.8 Å². The molecule has 0 unspecified atom stereocenters. The molecule has 0 atom stereocenters. The standard InChI is InChI=1S/C29H27FN2O4S/c1-19-6-4-7-20(2)28(19)32-37(34,35)27-18-25(14-15-26(27)36-3)31-29(33)23-9-5-8-22(17-23)16-21-10-12-24(30)13-11-21/h4-15,17-18,32H,16H2,1-3H3,(H,31,33). The first-order chi connectivity index (χ1) is 17.7. The van der Waals surface area contributed by atoms with Crippen LogP contribution < -0.4 is 14.8 Å². The Morgan fingerprint density at radius 1 is 0.865 bits per heavy atom. The summed E-state index contributed by atoms with van der Waals surface area (Å²) in [6, 6.07) is 23.2. The second-order valence-electron chi connectivity index (χ2n) is 8.70. The summed E-state index contributed by atoms with van der Waals surface area (Å²) in [5.41, 5.74) is 4.58. The van der Waals surface area contributed by atoms with Crippen molar-refractivity contribution in [2.75, 3.05) is 17.1 Å². The molecule has 6 nitrogen and oxygen atoms in total. The van der Waals surface area contributed by atoms with Gasteiger partial charge in [0.1, 0.15) is 16.5 Å². The summed E-state index contributed by atoms with van der Waals surface area (Å²) in [5, 5.41) is 2.77. The molecule has 0 saturated carbocycles. The third-order valence-corrected chi connectivity index (χ3v) is 7.31. The average Bonchev–Trinajstić information content (AvgIpc) is 2.88. The van der Waals surface area contributed by atoms with Crippen molar-refractivity contribution in [2.45, 2.75) is 25.2 Å². The van der Waals surface area contributed by atoms with Crippen molar-refractivity contribution in [2.24, 2.45) is 0 Å². The Hall–Kier alpha value is -4.17. The molecule has 0 bridgehead atoms. The molecule has 0 fully saturated rings. The molecule has 0 aliphatic rings. The molecule has 0 radical (unpaired) electrons. The van der Waals surface area contributed by atoms with E-state index in [0.717, 1.165) is 22.3 Å². The van der Waals surface area contributed by atoms with Gasteiger partial charge in [0.15, 0.2) is 0 Å². The van der Waals surface area contributed by atoms with Crippen LogP contribution in [0.5, 0.6) is 5.75 Å². The fourth-order valence-corrected chi connectivity index (χ4v) is 5.39. The number of rotatable bonds is 8. The van der Waals surface area contributed by atoms with E-state index in [2.05, 4.69) is 10.0 Å². The van der Waals surface area contributed by atoms with Gasteiger partial charge in [-0.25, -0.2) is 12.8 Å². The van der Waals surface area contributed by atoms with Crippen molar-refractivity contribution in [3.8, 4) is 5.75 Å². The maximum Gasteiger partial charge on any atom is 0.265 e. The lowest BCUT2D eigenvalue weighted by molar-refractivity contribution is 0.102. The van der Waals surface area contributed by atoms with Crippen molar-refractivity contribution in [1.82, 2.24) is 0 Å². The normalized spacial score (nSPS) is 11.1. The molecule has 0 spiro atoms. The summed E-state index contributed by atoms with van der Waals surface area (Å²) in [7, 11) is -2.63. The van der Waals surface area contributed by atoms with Crippen molar-refractivity contribution < 1.29 is 22.3 Å². The van der Waals surface area contributed by atoms with Gasteiger partial charge in [0, 0.05) is 11.3 Å². The van der Waals surface area contributed by atoms with Crippen LogP contribution in [0, 0.1) is 19.7 Å². The van der Waals surface area contributed by atoms with E-state index in [4.69, 9.17) is 4.74 Å². The lowest BCUT2D eigenvalue weighted by atomic mass is 10.0. The number of ether oxygens (including phenoxy) is 1. The third-order valence-electron chi connectivity index (χ3n) is 5.94. The molecular formula is C29H27FN2O4S. The second kappa shape index (κ2) is 10.8. The molecule has 4 aromatic rings. The molecule has 0 heterocycles. The van der Waals surface area contributed by atoms with Crippen molar-refractivity contribution >= 4 is 27.3 Å². The minimum absolute atomic E-state index is 0.0967. The lowest BCUT2D eigenvalue weighted by Crippen LogP contribution is -2.17. The predicted octanol–water partition coefficient (Wildman–Crippen LogP) is 6.10. The molecule has 0 aliphatic heterocycles. The minimum atomic E-state index is -4.02. The Labute approximate surface area is 216 Å². The summed E-state index contributed by atoms with van der Waals surface area (Å²) in [6.07, 6.45) is 0.538. The van der Waals surface area contributed by atoms with E-state index in [1.54, 1.807) is 36.4 Å². The van der Waals surface area contributed by atoms with E-state index in [9.17, 15) is 17.6 Å². The highest BCUT2D eigenvalue weighted by atomic mass is 32.2. The van der Waals surface area contributed by atoms with Crippen molar-refractivity contribution in [1.29, 1.82) is 0 Å². The quantitative estimate of drug-likeness (QED) is 0.295. The monoisotopic (exact) mass is 518 g/mol. The van der Waals surface area contributed by atoms with Gasteiger partial charge in [0.2, 0.25) is 0 Å². The first-order valence-electron chi connectivity index (χ1n) is 11.6. The van der Waals surface area contributed by atoms with Crippen LogP contribution in [-0.2, 0) is 16.4 Å². The van der Waals surface area contributed by atoms with Gasteiger partial charge in [-0.15, -0.1) is 0 Å². The van der Waals surface area contributed by atoms with Crippen molar-refractivity contribution in [3.63, 3.8) is 0 Å². The Bertz CT molecular complexity index is 1530. The van der Waals surface area contributed by atoms with Gasteiger partial charge in [0.25, 0.3) is 15.9 Å². The number of nitrogens with one attached hydrogen (secondary N) is 2. The van der Waals surface area contributed by atoms with Crippen LogP contribution in [0.4, 0.5) is 15.8 Å². The summed E-state index contributed by atoms with van der Waals surface area (Å²) < 4.78 is 47.8. The molecule has 0 aliphatic carbocycles. The second-order valence-corrected chi connectivity index (χ2v) is 10.3. The van der Waals surface area contributed by atoms with E-state index < -0.39 is 15.9 Å². The maximum absolute atomic E-state index is 13.3. The highest BCUT2D eigenvalue weighted by Gasteiger charge is 2.22. The average molecular weight is 519 g/mol. The van der Waals surface area contributed by atoms with Gasteiger partial charge in [0.05, 0.1) is 12.8 Å². The van der Waals surface area contributed by atoms with Gasteiger partial charge in [-0.1, -0.05) is 42.5 Å². The third kappa shape index (κ3) is 6.16. The number of hydrogen-bond acceptors (Lipinski definition) is 4. The van der Waals surface area contributed by atoms with Gasteiger partial charge in [-0.3, -0.25) is 9.52 Å². The number of anilines is 2. The predicted molar refractivity (Wildman–Crippen MR) is 143 cm³/mol. The fraction of sp³-hybridized carbons (Fsp3) is 0.138. The van der Waals surface area contributed by atoms with E-state index in [0.29, 0.717) is 23.4 Å². The maximum atomic E-state index is 13.3. The molecule has 2 N–H and O–H groups in total. The van der Waals surface area contributed by atoms with Crippen LogP contribution in [0.1, 0.15) is 32.6 Å². The number of benzene rings is 4. The molecule has 4 rings (SSSR count). The van der Waals surface area contributed by atoms with E-state index in [1.807, 2.05) is 38.1 Å². The number of para-hydroxylation sites is 1. The van der Waals surface area contributed by atoms with Crippen molar-refractivity contribution in [3.05, 3.63) is 119 Å². The smallest absolute Gasteiger partial charge is 0.265 e. The highest BCUT2D eigenvalue weighted by molar-refractivity contribution is 7.92. The van der Waals surface area contributed by atoms with Crippen LogP contribution in [0.25, 0.3) is 0 Å². The number of aryl methyl sites for hydroxylation is 2. The number of carbonyl (C=O) groups excluding carboxylic acids is 1. The first-order valence-corrected chi connectivity index (χ1v) is 13.1. The summed E-state index contributed by atoms with van der Waals surface area (Å²) >= 11 is 0. The summed E-state index contributed by atoms with van der Waals surface area (Å²) in [5.74, 6) is -0.544. The van der Waals surface area contributed by atoms with E-state index in [1.165, 1.54) is 31.4 Å². The molecule has 4 aromatic carbocycles. The molecule has 8 heteroatoms. The van der Waals surface area contributed by atoms with Crippen LogP contribution in [-0.4, -0.2) is 21.4 Å². The first kappa shape index (κ1) is 25.9. The number of amides is 1. The zero-order valence-corrected chi connectivity index (χ0v) is 21.5. The Kier molecular flexibility index (Phi) is 7.59. The molecule has 37 heavy (non-hydrogen) atoms. The molecule has 190 valence electrons. The number of methoxy groups -OCH3 is 1. The molecule has 0 aromatic heterocycles. The van der Waals surface area contributed by atoms with Gasteiger partial charge < -0.3 is 10.1 Å². The van der Waals surface area contributed by atoms with Crippen LogP contribution in [0.3, 0.4) is 0 Å². The number of hydrogen-bond donors (Lipinski definition) is 2. The largest absolute Gasteiger partial charge is 0.495 e. The number of sulfonamides is 1. The topological polar surface area (TPSA) is 84.5 Å². The van der Waals surface area contributed by atoms with Crippen LogP contribution >= 0.6 is 0 Å². The molecule has 1 amide bonds. The van der Waals surface area contributed by atoms with Gasteiger partial charge in [-0.2, -0.15) is 0 Å². The van der Waals surface area contributed by atoms with Crippen LogP contribution in [0.2, 0.25) is 0 Å². The van der Waals surface area contributed by atoms with E-state index in [-0.39, 0.29) is 16.5 Å². The van der Waals surface area contributed by atoms with Gasteiger partial charge >= 0.3 is 0 Å². The SMILES string of the molecule is COc1ccc(NC(=O)c2cccc(Cc3ccc(F)cc3)c2)cc1S(=O)(=O)Nc1c(C)cccc1C. The number of halogens is 1. The molecular weight excluding hydrogens is 491 g/mol. The Balaban J connectivity index is 1.57. The Morgan fingerprint density at radius 2 is 1.54 bits per heavy atom. The summed E-state index contributed by atoms with van der Waals surface area (Å²) in [6.45, 7) is 3.64. The minimum Gasteiger partial charge on any atom is -0.495 e. The molecule has 0 saturated heterocycles. The zero-order valence-electron chi connectivity index (χ0n) is 20.7. The zero-order chi connectivity index (χ0) is 26.6. The fourth-order valence-electron chi connectivity index (χ4n) is 3.99.